The molecule has 0 bridgehead atoms. The maximum Gasteiger partial charge on any atom is 0.108 e. The quantitative estimate of drug-likeness (QED) is 0.813. The van der Waals surface area contributed by atoms with Crippen molar-refractivity contribution in [2.45, 2.75) is 31.2 Å². The minimum Gasteiger partial charge on any atom is -0.392 e. The van der Waals surface area contributed by atoms with E-state index in [0.29, 0.717) is 13.1 Å². The largest absolute Gasteiger partial charge is 0.392 e. The fraction of sp³-hybridized carbons (Fsp3) is 0.429. The third-order valence-electron chi connectivity index (χ3n) is 4.61. The van der Waals surface area contributed by atoms with E-state index in [0.717, 1.165) is 30.5 Å². The Hall–Kier alpha value is -1.72. The Morgan fingerprint density at radius 3 is 2.16 bits per heavy atom. The summed E-state index contributed by atoms with van der Waals surface area (Å²) in [5.41, 5.74) is 2.16. The molecule has 0 spiro atoms. The Bertz CT molecular complexity index is 580. The third kappa shape index (κ3) is 5.38. The van der Waals surface area contributed by atoms with Crippen LogP contribution in [0.15, 0.2) is 60.7 Å². The van der Waals surface area contributed by atoms with Gasteiger partial charge in [0.2, 0.25) is 0 Å². The molecule has 1 aliphatic rings. The van der Waals surface area contributed by atoms with Crippen molar-refractivity contribution in [1.82, 2.24) is 4.90 Å². The molecule has 2 aromatic rings. The number of β-amino-alcohol motifs (C(OH)–C–C–N with tert-alkyl or cyclic N) is 2. The molecule has 0 amide bonds. The molecular weight excluding hydrogens is 314 g/mol. The SMILES string of the molecule is O[C@H]1CCCN(C[C@@H](O)COC(c2ccccc2)c2ccccc2)C1. The van der Waals surface area contributed by atoms with Crippen LogP contribution in [-0.4, -0.2) is 53.6 Å². The Labute approximate surface area is 149 Å². The van der Waals surface area contributed by atoms with Gasteiger partial charge in [0.05, 0.1) is 18.8 Å². The summed E-state index contributed by atoms with van der Waals surface area (Å²) in [7, 11) is 0. The number of hydrogen-bond donors (Lipinski definition) is 2. The molecule has 2 N–H and O–H groups in total. The molecule has 134 valence electrons. The Morgan fingerprint density at radius 2 is 1.60 bits per heavy atom. The Balaban J connectivity index is 1.61. The van der Waals surface area contributed by atoms with Gasteiger partial charge in [0, 0.05) is 13.1 Å². The van der Waals surface area contributed by atoms with Crippen LogP contribution in [0.4, 0.5) is 0 Å². The number of hydrogen-bond acceptors (Lipinski definition) is 4. The summed E-state index contributed by atoms with van der Waals surface area (Å²) in [5.74, 6) is 0. The number of ether oxygens (including phenoxy) is 1. The molecule has 1 saturated heterocycles. The van der Waals surface area contributed by atoms with Gasteiger partial charge in [-0.3, -0.25) is 4.90 Å². The highest BCUT2D eigenvalue weighted by Gasteiger charge is 2.21. The molecule has 4 heteroatoms. The first-order valence-corrected chi connectivity index (χ1v) is 9.02. The van der Waals surface area contributed by atoms with Gasteiger partial charge in [-0.1, -0.05) is 60.7 Å². The van der Waals surface area contributed by atoms with Gasteiger partial charge < -0.3 is 14.9 Å². The molecule has 0 aliphatic carbocycles. The van der Waals surface area contributed by atoms with E-state index in [-0.39, 0.29) is 18.8 Å². The van der Waals surface area contributed by atoms with Crippen molar-refractivity contribution in [3.63, 3.8) is 0 Å². The molecule has 2 atom stereocenters. The molecule has 0 radical (unpaired) electrons. The van der Waals surface area contributed by atoms with Crippen molar-refractivity contribution < 1.29 is 14.9 Å². The van der Waals surface area contributed by atoms with E-state index in [9.17, 15) is 10.2 Å². The molecule has 25 heavy (non-hydrogen) atoms. The highest BCUT2D eigenvalue weighted by atomic mass is 16.5. The van der Waals surface area contributed by atoms with E-state index in [1.807, 2.05) is 60.7 Å². The molecule has 1 fully saturated rings. The van der Waals surface area contributed by atoms with Crippen molar-refractivity contribution in [2.75, 3.05) is 26.2 Å². The van der Waals surface area contributed by atoms with Gasteiger partial charge in [0.1, 0.15) is 6.10 Å². The zero-order valence-corrected chi connectivity index (χ0v) is 14.5. The van der Waals surface area contributed by atoms with E-state index >= 15 is 0 Å². The molecule has 2 aromatic carbocycles. The van der Waals surface area contributed by atoms with Crippen LogP contribution in [0.5, 0.6) is 0 Å². The second-order valence-corrected chi connectivity index (χ2v) is 6.74. The van der Waals surface area contributed by atoms with Crippen LogP contribution in [-0.2, 0) is 4.74 Å². The summed E-state index contributed by atoms with van der Waals surface area (Å²) < 4.78 is 6.11. The lowest BCUT2D eigenvalue weighted by Gasteiger charge is -2.31. The number of likely N-dealkylation sites (tertiary alicyclic amines) is 1. The zero-order chi connectivity index (χ0) is 17.5. The van der Waals surface area contributed by atoms with Crippen molar-refractivity contribution in [3.8, 4) is 0 Å². The smallest absolute Gasteiger partial charge is 0.108 e. The van der Waals surface area contributed by atoms with Gasteiger partial charge in [0.25, 0.3) is 0 Å². The van der Waals surface area contributed by atoms with Crippen LogP contribution >= 0.6 is 0 Å². The van der Waals surface area contributed by atoms with Crippen LogP contribution in [0.1, 0.15) is 30.1 Å². The highest BCUT2D eigenvalue weighted by Crippen LogP contribution is 2.26. The fourth-order valence-electron chi connectivity index (χ4n) is 3.40. The van der Waals surface area contributed by atoms with Crippen molar-refractivity contribution in [1.29, 1.82) is 0 Å². The van der Waals surface area contributed by atoms with Crippen LogP contribution in [0.3, 0.4) is 0 Å². The molecule has 4 nitrogen and oxygen atoms in total. The second-order valence-electron chi connectivity index (χ2n) is 6.74. The molecule has 3 rings (SSSR count). The predicted octanol–water partition coefficient (Wildman–Crippen LogP) is 2.61. The van der Waals surface area contributed by atoms with Crippen LogP contribution in [0.25, 0.3) is 0 Å². The van der Waals surface area contributed by atoms with Gasteiger partial charge in [-0.15, -0.1) is 0 Å². The maximum absolute atomic E-state index is 10.4. The summed E-state index contributed by atoms with van der Waals surface area (Å²) in [6.07, 6.45) is 0.797. The van der Waals surface area contributed by atoms with Crippen molar-refractivity contribution in [2.24, 2.45) is 0 Å². The minimum atomic E-state index is -0.569. The lowest BCUT2D eigenvalue weighted by molar-refractivity contribution is -0.0205. The fourth-order valence-corrected chi connectivity index (χ4v) is 3.40. The topological polar surface area (TPSA) is 52.9 Å². The van der Waals surface area contributed by atoms with E-state index < -0.39 is 6.10 Å². The molecule has 1 aliphatic heterocycles. The second kappa shape index (κ2) is 9.11. The molecule has 0 unspecified atom stereocenters. The molecular formula is C21H27NO3. The van der Waals surface area contributed by atoms with Gasteiger partial charge in [-0.25, -0.2) is 0 Å². The number of aliphatic hydroxyl groups is 2. The van der Waals surface area contributed by atoms with E-state index in [2.05, 4.69) is 4.90 Å². The monoisotopic (exact) mass is 341 g/mol. The van der Waals surface area contributed by atoms with Gasteiger partial charge in [0.15, 0.2) is 0 Å². The van der Waals surface area contributed by atoms with Crippen LogP contribution in [0.2, 0.25) is 0 Å². The average molecular weight is 341 g/mol. The molecule has 0 aromatic heterocycles. The van der Waals surface area contributed by atoms with Crippen molar-refractivity contribution >= 4 is 0 Å². The lowest BCUT2D eigenvalue weighted by Crippen LogP contribution is -2.43. The number of benzene rings is 2. The third-order valence-corrected chi connectivity index (χ3v) is 4.61. The van der Waals surface area contributed by atoms with Gasteiger partial charge in [-0.2, -0.15) is 0 Å². The van der Waals surface area contributed by atoms with Gasteiger partial charge >= 0.3 is 0 Å². The molecule has 1 heterocycles. The summed E-state index contributed by atoms with van der Waals surface area (Å²) in [5, 5.41) is 20.1. The highest BCUT2D eigenvalue weighted by molar-refractivity contribution is 5.29. The summed E-state index contributed by atoms with van der Waals surface area (Å²) in [4.78, 5) is 2.11. The number of aliphatic hydroxyl groups excluding tert-OH is 2. The summed E-state index contributed by atoms with van der Waals surface area (Å²) in [6, 6.07) is 20.2. The van der Waals surface area contributed by atoms with E-state index in [1.165, 1.54) is 0 Å². The van der Waals surface area contributed by atoms with Crippen LogP contribution < -0.4 is 0 Å². The Kier molecular flexibility index (Phi) is 6.59. The number of piperidine rings is 1. The number of nitrogens with zero attached hydrogens (tertiary/aromatic N) is 1. The summed E-state index contributed by atoms with van der Waals surface area (Å²) >= 11 is 0. The first-order chi connectivity index (χ1) is 12.2. The van der Waals surface area contributed by atoms with Crippen molar-refractivity contribution in [3.05, 3.63) is 71.8 Å². The lowest BCUT2D eigenvalue weighted by atomic mass is 10.0. The molecule has 0 saturated carbocycles. The Morgan fingerprint density at radius 1 is 1.00 bits per heavy atom. The number of rotatable bonds is 7. The predicted molar refractivity (Wildman–Crippen MR) is 98.4 cm³/mol. The zero-order valence-electron chi connectivity index (χ0n) is 14.5. The first-order valence-electron chi connectivity index (χ1n) is 9.02. The summed E-state index contributed by atoms with van der Waals surface area (Å²) in [6.45, 7) is 2.36. The van der Waals surface area contributed by atoms with Crippen LogP contribution in [0, 0.1) is 0 Å². The average Bonchev–Trinajstić information content (AvgIpc) is 2.64. The van der Waals surface area contributed by atoms with E-state index in [1.54, 1.807) is 0 Å². The maximum atomic E-state index is 10.4. The van der Waals surface area contributed by atoms with E-state index in [4.69, 9.17) is 4.74 Å². The first kappa shape index (κ1) is 18.1. The minimum absolute atomic E-state index is 0.191. The standard InChI is InChI=1S/C21H27NO3/c23-19-12-7-13-22(14-19)15-20(24)16-25-21(17-8-3-1-4-9-17)18-10-5-2-6-11-18/h1-6,8-11,19-21,23-24H,7,12-16H2/t19-,20+/m0/s1. The normalized spacial score (nSPS) is 19.9. The van der Waals surface area contributed by atoms with Gasteiger partial charge in [-0.05, 0) is 30.5 Å².